The van der Waals surface area contributed by atoms with Crippen LogP contribution >= 0.6 is 26.9 Å². The lowest BCUT2D eigenvalue weighted by atomic mass is 9.76. The van der Waals surface area contributed by atoms with Crippen molar-refractivity contribution in [2.75, 3.05) is 83.3 Å². The summed E-state index contributed by atoms with van der Waals surface area (Å²) >= 11 is 27.6. The van der Waals surface area contributed by atoms with Gasteiger partial charge < -0.3 is 131 Å². The van der Waals surface area contributed by atoms with Gasteiger partial charge in [-0.25, -0.2) is 0 Å². The molecule has 8 fully saturated rings. The van der Waals surface area contributed by atoms with Crippen LogP contribution in [0.2, 0.25) is 0 Å². The molecule has 12 heterocycles. The number of fused-ring (bicyclic) bond motifs is 4. The Labute approximate surface area is 745 Å². The first kappa shape index (κ1) is 92.8. The van der Waals surface area contributed by atoms with Gasteiger partial charge in [0.05, 0.1) is 26.4 Å². The fourth-order valence-electron chi connectivity index (χ4n) is 19.9. The molecule has 20 unspecified atom stereocenters. The number of rotatable bonds is 28. The first-order valence-corrected chi connectivity index (χ1v) is 52.8. The van der Waals surface area contributed by atoms with Crippen molar-refractivity contribution in [2.24, 2.45) is 0 Å². The van der Waals surface area contributed by atoms with E-state index in [1.54, 1.807) is 56.9 Å². The van der Waals surface area contributed by atoms with E-state index >= 15 is 0 Å². The third kappa shape index (κ3) is 17.8. The van der Waals surface area contributed by atoms with Gasteiger partial charge in [-0.1, -0.05) is 53.4 Å². The third-order valence-corrected chi connectivity index (χ3v) is 33.2. The Balaban J connectivity index is 0.890. The van der Waals surface area contributed by atoms with Crippen molar-refractivity contribution in [3.8, 4) is 46.0 Å². The molecule has 0 N–H and O–H groups in total. The molecule has 8 bridgehead atoms. The Morgan fingerprint density at radius 1 is 0.258 bits per heavy atom. The van der Waals surface area contributed by atoms with E-state index in [-0.39, 0.29) is 72.4 Å². The van der Waals surface area contributed by atoms with E-state index < -0.39 is 197 Å². The predicted octanol–water partition coefficient (Wildman–Crippen LogP) is 15.4. The summed E-state index contributed by atoms with van der Waals surface area (Å²) in [6.45, 7) is 4.70. The van der Waals surface area contributed by atoms with Crippen LogP contribution < -0.4 is 36.2 Å². The van der Waals surface area contributed by atoms with Crippen molar-refractivity contribution >= 4 is 74.1 Å². The summed E-state index contributed by atoms with van der Waals surface area (Å²) in [7, 11) is 12.6. The zero-order valence-electron chi connectivity index (χ0n) is 73.4. The highest BCUT2D eigenvalue weighted by molar-refractivity contribution is 8.09. The summed E-state index contributed by atoms with van der Waals surface area (Å²) in [5, 5.41) is 0. The molecule has 688 valence electrons. The molecular weight excluding hydrogens is 1770 g/mol. The van der Waals surface area contributed by atoms with Gasteiger partial charge in [-0.3, -0.25) is 18.1 Å². The molecule has 17 rings (SSSR count). The zero-order chi connectivity index (χ0) is 87.9. The van der Waals surface area contributed by atoms with Gasteiger partial charge in [0.15, 0.2) is 48.3 Å². The number of methoxy groups -OCH3 is 8. The lowest BCUT2D eigenvalue weighted by Gasteiger charge is -2.42. The average molecular weight is 1890 g/mol. The highest BCUT2D eigenvalue weighted by Crippen LogP contribution is 2.68. The van der Waals surface area contributed by atoms with Gasteiger partial charge in [0.25, 0.3) is 0 Å². The SMILES string of the molecule is CCCC1c2cc3c4cc2OP(=S)(OCC2OC5OC(C)(C)OC5C(OC)C2OC)Oc2cc5c(cc21)C(CCC)c1cc2c(cc1OP(=S)(OCC1OC6OC(C)(C)OC6C(OC)C1OC)O5)OP(=S)(OCC1OC5OC(C)(C)OC5C(OC)C1OC)Oc1cc(c(cc1C2CCC)C3CCC)OP(=S)(OCC1OC2OC(C)(C)OC2C(OC)C1OC)O4. The molecule has 32 nitrogen and oxygen atoms in total. The van der Waals surface area contributed by atoms with Crippen LogP contribution in [-0.2, 0) is 160 Å². The molecule has 20 atom stereocenters. The van der Waals surface area contributed by atoms with Crippen LogP contribution in [-0.4, -0.2) is 229 Å². The molecule has 13 aliphatic rings. The van der Waals surface area contributed by atoms with Crippen molar-refractivity contribution in [1.82, 2.24) is 0 Å². The average Bonchev–Trinajstić information content (AvgIpc) is 0.745. The van der Waals surface area contributed by atoms with Crippen molar-refractivity contribution in [3.05, 3.63) is 93.0 Å². The minimum absolute atomic E-state index is 0.264. The van der Waals surface area contributed by atoms with Crippen LogP contribution in [0.1, 0.15) is 203 Å². The fraction of sp³-hybridized carbons (Fsp3) is 0.714. The maximum absolute atomic E-state index is 7.49. The molecule has 124 heavy (non-hydrogen) atoms. The van der Waals surface area contributed by atoms with Crippen LogP contribution in [0.4, 0.5) is 0 Å². The number of ether oxygens (including phenoxy) is 20. The molecule has 4 aromatic rings. The molecule has 4 aromatic carbocycles. The van der Waals surface area contributed by atoms with Gasteiger partial charge in [-0.05, 0) is 105 Å². The molecule has 0 saturated carbocycles. The maximum atomic E-state index is 7.49. The lowest BCUT2D eigenvalue weighted by Crippen LogP contribution is -2.59. The Morgan fingerprint density at radius 2 is 0.427 bits per heavy atom. The smallest absolute Gasteiger partial charge is 0.415 e. The maximum Gasteiger partial charge on any atom is 0.435 e. The molecule has 0 radical (unpaired) electrons. The van der Waals surface area contributed by atoms with Crippen molar-refractivity contribution in [3.63, 3.8) is 0 Å². The van der Waals surface area contributed by atoms with Gasteiger partial charge in [0.1, 0.15) is 144 Å². The van der Waals surface area contributed by atoms with E-state index in [1.807, 2.05) is 79.7 Å². The van der Waals surface area contributed by atoms with Gasteiger partial charge in [-0.2, -0.15) is 0 Å². The lowest BCUT2D eigenvalue weighted by molar-refractivity contribution is -0.264. The largest absolute Gasteiger partial charge is 0.435 e. The van der Waals surface area contributed by atoms with Crippen LogP contribution in [0.25, 0.3) is 0 Å². The van der Waals surface area contributed by atoms with Crippen molar-refractivity contribution in [1.29, 1.82) is 0 Å². The number of benzene rings is 4. The highest BCUT2D eigenvalue weighted by Gasteiger charge is 2.61. The fourth-order valence-corrected chi connectivity index (χ4v) is 27.6. The molecule has 40 heteroatoms. The molecule has 1 aliphatic carbocycles. The minimum atomic E-state index is -4.31. The van der Waals surface area contributed by atoms with Gasteiger partial charge in [0, 0.05) is 197 Å². The molecule has 8 saturated heterocycles. The quantitative estimate of drug-likeness (QED) is 0.0477. The summed E-state index contributed by atoms with van der Waals surface area (Å²) < 4.78 is 216. The second-order valence-electron chi connectivity index (χ2n) is 35.0. The third-order valence-electron chi connectivity index (χ3n) is 25.0. The van der Waals surface area contributed by atoms with E-state index in [1.165, 1.54) is 0 Å². The highest BCUT2D eigenvalue weighted by atomic mass is 32.5. The molecule has 0 amide bonds. The van der Waals surface area contributed by atoms with Crippen LogP contribution in [0, 0.1) is 0 Å². The number of hydrogen-bond donors (Lipinski definition) is 0. The summed E-state index contributed by atoms with van der Waals surface area (Å²) in [6.07, 6.45) is -11.1. The zero-order valence-corrected chi connectivity index (χ0v) is 80.3. The molecule has 12 aliphatic heterocycles. The monoisotopic (exact) mass is 1890 g/mol. The Morgan fingerprint density at radius 3 is 0.581 bits per heavy atom. The van der Waals surface area contributed by atoms with E-state index in [2.05, 4.69) is 52.0 Å². The summed E-state index contributed by atoms with van der Waals surface area (Å²) in [6, 6.07) is 15.9. The second-order valence-corrected chi connectivity index (χ2v) is 46.4. The standard InChI is InChI=1S/C84H116O32P4S4/c1-21-25-41-45-29-47-42(26-22-2)49-31-51-44(28-24-4)52-32-50-43(27-23-3)48-30-46(41)54-34-56(48)112-119(123,95-39-63-67(87-15)71(91-19)75-79(99-63)107-83(9,10)103-75)114-58(50)36-60(52)116-120(124,96-40-64-68(88-16)72(92-20)76-80(100-64)108-84(11,12)104-76)115-59(51)35-57(49)113-118(122,94-38-62-66(86-14)70(90-18)74-78(98-62)106-82(7,8)102-74)111-55(47)33-53(45)109-117(121,110-54)93-37-61-65(85-13)69(89-17)73-77(97-61)105-81(5,6)101-73/h29-36,41-44,61-80H,21-28,37-40H2,1-20H3. The first-order chi connectivity index (χ1) is 59.1. The van der Waals surface area contributed by atoms with Crippen molar-refractivity contribution in [2.45, 2.75) is 304 Å². The van der Waals surface area contributed by atoms with Crippen LogP contribution in [0.3, 0.4) is 0 Å². The van der Waals surface area contributed by atoms with E-state index in [0.717, 1.165) is 44.5 Å². The van der Waals surface area contributed by atoms with Crippen molar-refractivity contribution < 1.29 is 149 Å². The van der Waals surface area contributed by atoms with Gasteiger partial charge in [0.2, 0.25) is 0 Å². The first-order valence-electron chi connectivity index (χ1n) is 42.6. The Bertz CT molecular complexity index is 4080. The minimum Gasteiger partial charge on any atom is -0.415 e. The van der Waals surface area contributed by atoms with Gasteiger partial charge in [-0.15, -0.1) is 0 Å². The molecule has 0 spiro atoms. The topological polar surface area (TPSA) is 295 Å². The second kappa shape index (κ2) is 36.0. The summed E-state index contributed by atoms with van der Waals surface area (Å²) in [4.78, 5) is 0. The number of hydrogen-bond acceptors (Lipinski definition) is 36. The van der Waals surface area contributed by atoms with E-state index in [0.29, 0.717) is 51.4 Å². The Hall–Kier alpha value is -3.08. The van der Waals surface area contributed by atoms with Crippen LogP contribution in [0.15, 0.2) is 48.5 Å². The Kier molecular flexibility index (Phi) is 27.0. The van der Waals surface area contributed by atoms with Gasteiger partial charge >= 0.3 is 26.9 Å². The summed E-state index contributed by atoms with van der Waals surface area (Å²) in [5.41, 5.74) is 5.75. The van der Waals surface area contributed by atoms with E-state index in [9.17, 15) is 0 Å². The molecule has 0 aromatic heterocycles. The normalized spacial score (nSPS) is 39.3. The summed E-state index contributed by atoms with van der Waals surface area (Å²) in [5.74, 6) is -4.21. The van der Waals surface area contributed by atoms with Crippen LogP contribution in [0.5, 0.6) is 46.0 Å². The predicted molar refractivity (Wildman–Crippen MR) is 460 cm³/mol. The van der Waals surface area contributed by atoms with E-state index in [4.69, 9.17) is 196 Å². The molecular formula is C84H116O32P4S4.